The van der Waals surface area contributed by atoms with Crippen molar-refractivity contribution in [3.8, 4) is 62.0 Å². The van der Waals surface area contributed by atoms with Gasteiger partial charge in [-0.2, -0.15) is 5.26 Å². The van der Waals surface area contributed by atoms with Gasteiger partial charge in [-0.15, -0.1) is 22.7 Å². The highest BCUT2D eigenvalue weighted by atomic mass is 32.1. The van der Waals surface area contributed by atoms with Crippen molar-refractivity contribution in [2.24, 2.45) is 0 Å². The van der Waals surface area contributed by atoms with Crippen molar-refractivity contribution < 1.29 is 0 Å². The molecule has 4 heterocycles. The Morgan fingerprint density at radius 1 is 0.392 bits per heavy atom. The van der Waals surface area contributed by atoms with E-state index >= 15 is 0 Å². The predicted octanol–water partition coefficient (Wildman–Crippen LogP) is 19.7. The molecule has 11 aromatic carbocycles. The fourth-order valence-corrected chi connectivity index (χ4v) is 14.5. The Morgan fingerprint density at radius 3 is 1.58 bits per heavy atom. The maximum absolute atomic E-state index is 12.3. The molecule has 0 saturated carbocycles. The lowest BCUT2D eigenvalue weighted by Crippen LogP contribution is -2.09. The van der Waals surface area contributed by atoms with Gasteiger partial charge in [0.25, 0.3) is 0 Å². The van der Waals surface area contributed by atoms with Gasteiger partial charge in [-0.1, -0.05) is 206 Å². The van der Waals surface area contributed by atoms with Gasteiger partial charge < -0.3 is 9.13 Å². The van der Waals surface area contributed by atoms with Crippen LogP contribution < -0.4 is 0 Å². The minimum absolute atomic E-state index is 0.409. The first-order chi connectivity index (χ1) is 36.7. The topological polar surface area (TPSA) is 38.0 Å². The van der Waals surface area contributed by atoms with E-state index in [0.717, 1.165) is 109 Å². The summed E-state index contributed by atoms with van der Waals surface area (Å²) >= 11 is 3.61. The number of nitriles is 1. The average molecular weight is 975 g/mol. The van der Waals surface area contributed by atoms with Gasteiger partial charge in [0.15, 0.2) is 0 Å². The Bertz CT molecular complexity index is 4890. The number of hydrogen-bond acceptors (Lipinski definition) is 3. The van der Waals surface area contributed by atoms with Crippen molar-refractivity contribution in [2.75, 3.05) is 0 Å². The van der Waals surface area contributed by atoms with Gasteiger partial charge in [0.05, 0.1) is 55.0 Å². The Labute approximate surface area is 433 Å². The number of benzene rings is 11. The largest absolute Gasteiger partial charge is 0.318 e. The summed E-state index contributed by atoms with van der Waals surface area (Å²) in [5.74, 6) is 0. The molecule has 0 bridgehead atoms. The summed E-state index contributed by atoms with van der Waals surface area (Å²) in [7, 11) is 0. The van der Waals surface area contributed by atoms with Crippen LogP contribution in [0.5, 0.6) is 0 Å². The summed E-state index contributed by atoms with van der Waals surface area (Å²) in [6.45, 7) is 9.49. The molecule has 4 aromatic heterocycles. The second-order valence-corrected chi connectivity index (χ2v) is 20.9. The molecule has 0 aliphatic rings. The van der Waals surface area contributed by atoms with E-state index < -0.39 is 0 Å². The molecule has 6 heteroatoms. The van der Waals surface area contributed by atoms with E-state index in [-0.39, 0.29) is 0 Å². The Morgan fingerprint density at radius 2 is 0.905 bits per heavy atom. The highest BCUT2D eigenvalue weighted by molar-refractivity contribution is 7.27. The van der Waals surface area contributed by atoms with Crippen LogP contribution in [0.15, 0.2) is 231 Å². The fraction of sp³-hybridized carbons (Fsp3) is 0. The molecule has 0 amide bonds. The summed E-state index contributed by atoms with van der Waals surface area (Å²) in [5.41, 5.74) is 13.8. The van der Waals surface area contributed by atoms with Crippen LogP contribution in [-0.2, 0) is 0 Å². The number of aromatic nitrogens is 2. The summed E-state index contributed by atoms with van der Waals surface area (Å²) in [4.78, 5) is 4.64. The molecule has 4 nitrogen and oxygen atoms in total. The van der Waals surface area contributed by atoms with E-state index in [2.05, 4.69) is 214 Å². The van der Waals surface area contributed by atoms with Crippen LogP contribution in [0.2, 0.25) is 0 Å². The first kappa shape index (κ1) is 42.2. The van der Waals surface area contributed by atoms with Gasteiger partial charge in [0.1, 0.15) is 6.07 Å². The third-order valence-electron chi connectivity index (χ3n) is 15.0. The van der Waals surface area contributed by atoms with Crippen LogP contribution in [0.25, 0.3) is 145 Å². The monoisotopic (exact) mass is 974 g/mol. The average Bonchev–Trinajstić information content (AvgIpc) is 4.23. The zero-order valence-corrected chi connectivity index (χ0v) is 41.2. The zero-order chi connectivity index (χ0) is 49.0. The first-order valence-electron chi connectivity index (χ1n) is 24.7. The molecule has 0 unspecified atom stereocenters. The summed E-state index contributed by atoms with van der Waals surface area (Å²) in [6.07, 6.45) is 0. The van der Waals surface area contributed by atoms with Gasteiger partial charge in [-0.3, -0.25) is 0 Å². The third kappa shape index (κ3) is 5.99. The third-order valence-corrected chi connectivity index (χ3v) is 17.3. The second kappa shape index (κ2) is 16.5. The lowest BCUT2D eigenvalue weighted by Gasteiger charge is -2.26. The molecule has 342 valence electrons. The van der Waals surface area contributed by atoms with Crippen LogP contribution in [0.1, 0.15) is 5.56 Å². The molecule has 0 spiro atoms. The SMILES string of the molecule is [C-]#[N+]c1c(-c2ccccc2)c(C#N)c(-n2c3c(ccc4c5ccccc5sc43)c3cc(-c4ccccc4)c4c5ccccc5sc4c32)c(-c2ccccc2)c1-n1c2ccccc2c2cccc(-c3ccccc3)c21. The van der Waals surface area contributed by atoms with E-state index in [0.29, 0.717) is 16.8 Å². The lowest BCUT2D eigenvalue weighted by atomic mass is 9.88. The number of hydrogen-bond donors (Lipinski definition) is 0. The molecule has 74 heavy (non-hydrogen) atoms. The van der Waals surface area contributed by atoms with E-state index in [1.54, 1.807) is 11.3 Å². The Hall–Kier alpha value is -9.56. The summed E-state index contributed by atoms with van der Waals surface area (Å²) < 4.78 is 9.47. The standard InChI is InChI=1S/C68H38N4S2/c1-70-61-58(43-25-10-4-11-26-43)54(40-69)63(59(44-27-12-5-13-28-44)66(61)71-55-34-17-14-29-46(55)48-33-20-32-45(62(48)71)41-21-6-2-7-22-41)72-64-49(37-38-50-47-30-15-18-35-56(47)73-67(50)64)53-39-52(42-23-8-3-9-24-42)60-51-31-16-19-36-57(51)74-68(60)65(53)72/h2-39H. The van der Waals surface area contributed by atoms with Crippen molar-refractivity contribution in [3.05, 3.63) is 248 Å². The molecule has 0 atom stereocenters. The molecule has 0 aliphatic heterocycles. The quantitative estimate of drug-likeness (QED) is 0.153. The van der Waals surface area contributed by atoms with Crippen molar-refractivity contribution in [3.63, 3.8) is 0 Å². The van der Waals surface area contributed by atoms with Crippen molar-refractivity contribution in [1.82, 2.24) is 9.13 Å². The molecular formula is C68H38N4S2. The van der Waals surface area contributed by atoms with Crippen LogP contribution in [0, 0.1) is 17.9 Å². The highest BCUT2D eigenvalue weighted by Crippen LogP contribution is 2.56. The lowest BCUT2D eigenvalue weighted by molar-refractivity contribution is 1.14. The molecule has 0 radical (unpaired) electrons. The van der Waals surface area contributed by atoms with Crippen LogP contribution in [0.4, 0.5) is 5.69 Å². The summed E-state index contributed by atoms with van der Waals surface area (Å²) in [6, 6.07) is 84.4. The molecule has 0 N–H and O–H groups in total. The molecule has 15 rings (SSSR count). The number of para-hydroxylation sites is 2. The van der Waals surface area contributed by atoms with Crippen LogP contribution in [0.3, 0.4) is 0 Å². The minimum atomic E-state index is 0.409. The summed E-state index contributed by atoms with van der Waals surface area (Å²) in [5, 5.41) is 21.4. The van der Waals surface area contributed by atoms with E-state index in [1.165, 1.54) is 25.6 Å². The maximum atomic E-state index is 12.3. The highest BCUT2D eigenvalue weighted by Gasteiger charge is 2.34. The number of nitrogens with zero attached hydrogens (tertiary/aromatic N) is 4. The van der Waals surface area contributed by atoms with Gasteiger partial charge in [0.2, 0.25) is 5.69 Å². The zero-order valence-electron chi connectivity index (χ0n) is 39.5. The fourth-order valence-electron chi connectivity index (χ4n) is 11.9. The normalized spacial score (nSPS) is 11.8. The smallest absolute Gasteiger partial charge is 0.220 e. The van der Waals surface area contributed by atoms with Gasteiger partial charge in [-0.05, 0) is 52.1 Å². The van der Waals surface area contributed by atoms with Gasteiger partial charge in [-0.25, -0.2) is 4.85 Å². The number of thiophene rings is 2. The van der Waals surface area contributed by atoms with E-state index in [1.807, 2.05) is 47.7 Å². The molecule has 0 fully saturated rings. The maximum Gasteiger partial charge on any atom is 0.220 e. The van der Waals surface area contributed by atoms with Gasteiger partial charge in [0, 0.05) is 69.2 Å². The number of fused-ring (bicyclic) bond motifs is 14. The molecular weight excluding hydrogens is 937 g/mol. The number of rotatable bonds is 6. The Balaban J connectivity index is 1.27. The van der Waals surface area contributed by atoms with Crippen LogP contribution >= 0.6 is 22.7 Å². The molecule has 15 aromatic rings. The van der Waals surface area contributed by atoms with E-state index in [9.17, 15) is 11.8 Å². The van der Waals surface area contributed by atoms with E-state index in [4.69, 9.17) is 0 Å². The Kier molecular flexibility index (Phi) is 9.40. The second-order valence-electron chi connectivity index (χ2n) is 18.8. The van der Waals surface area contributed by atoms with Crippen molar-refractivity contribution >= 4 is 112 Å². The minimum Gasteiger partial charge on any atom is -0.318 e. The predicted molar refractivity (Wildman–Crippen MR) is 314 cm³/mol. The van der Waals surface area contributed by atoms with Gasteiger partial charge >= 0.3 is 0 Å². The van der Waals surface area contributed by atoms with Crippen molar-refractivity contribution in [2.45, 2.75) is 0 Å². The molecule has 0 saturated heterocycles. The first-order valence-corrected chi connectivity index (χ1v) is 26.3. The van der Waals surface area contributed by atoms with Crippen LogP contribution in [-0.4, -0.2) is 9.13 Å². The molecule has 0 aliphatic carbocycles. The van der Waals surface area contributed by atoms with Crippen molar-refractivity contribution in [1.29, 1.82) is 5.26 Å².